The number of hydrogen-bond donors (Lipinski definition) is 0. The van der Waals surface area contributed by atoms with Gasteiger partial charge >= 0.3 is 7.12 Å². The van der Waals surface area contributed by atoms with Gasteiger partial charge in [-0.2, -0.15) is 0 Å². The van der Waals surface area contributed by atoms with Gasteiger partial charge < -0.3 is 9.31 Å². The van der Waals surface area contributed by atoms with Gasteiger partial charge in [-0.25, -0.2) is 0 Å². The van der Waals surface area contributed by atoms with E-state index in [1.807, 2.05) is 12.1 Å². The minimum atomic E-state index is -0.282. The summed E-state index contributed by atoms with van der Waals surface area (Å²) in [4.78, 5) is 0. The van der Waals surface area contributed by atoms with Crippen molar-refractivity contribution in [2.45, 2.75) is 51.1 Å². The van der Waals surface area contributed by atoms with Crippen molar-refractivity contribution in [2.24, 2.45) is 0 Å². The average molecular weight is 258 g/mol. The molecule has 0 aromatic heterocycles. The van der Waals surface area contributed by atoms with Crippen LogP contribution in [0.5, 0.6) is 0 Å². The Kier molecular flexibility index (Phi) is 4.17. The Morgan fingerprint density at radius 1 is 1.16 bits per heavy atom. The zero-order valence-corrected chi connectivity index (χ0v) is 12.2. The van der Waals surface area contributed by atoms with Crippen LogP contribution in [0.1, 0.15) is 32.8 Å². The maximum Gasteiger partial charge on any atom is 0.458 e. The first-order valence-corrected chi connectivity index (χ1v) is 6.97. The predicted molar refractivity (Wildman–Crippen MR) is 80.2 cm³/mol. The van der Waals surface area contributed by atoms with E-state index in [2.05, 4.69) is 51.6 Å². The molecule has 3 heteroatoms. The summed E-state index contributed by atoms with van der Waals surface area (Å²) in [6.45, 7) is 10.1. The maximum absolute atomic E-state index is 6.13. The molecule has 1 saturated heterocycles. The van der Waals surface area contributed by atoms with E-state index in [4.69, 9.17) is 9.31 Å². The molecule has 0 bridgehead atoms. The third-order valence-electron chi connectivity index (χ3n) is 4.14. The number of benzene rings is 1. The smallest absolute Gasteiger partial charge is 0.403 e. The highest BCUT2D eigenvalue weighted by molar-refractivity contribution is 6.45. The normalized spacial score (nSPS) is 25.5. The summed E-state index contributed by atoms with van der Waals surface area (Å²) in [5.41, 5.74) is 0.767. The van der Waals surface area contributed by atoms with Crippen LogP contribution in [0.15, 0.2) is 43.0 Å². The van der Waals surface area contributed by atoms with Crippen LogP contribution in [0.4, 0.5) is 0 Å². The first-order valence-electron chi connectivity index (χ1n) is 6.97. The van der Waals surface area contributed by atoms with Gasteiger partial charge in [0.1, 0.15) is 0 Å². The van der Waals surface area contributed by atoms with Crippen LogP contribution in [0, 0.1) is 0 Å². The average Bonchev–Trinajstić information content (AvgIpc) is 2.59. The fourth-order valence-corrected chi connectivity index (χ4v) is 2.53. The lowest BCUT2D eigenvalue weighted by atomic mass is 9.81. The Bertz CT molecular complexity index is 430. The largest absolute Gasteiger partial charge is 0.458 e. The zero-order valence-electron chi connectivity index (χ0n) is 12.2. The van der Waals surface area contributed by atoms with E-state index in [1.165, 1.54) is 5.56 Å². The molecule has 0 saturated carbocycles. The van der Waals surface area contributed by atoms with E-state index in [0.29, 0.717) is 0 Å². The third-order valence-corrected chi connectivity index (χ3v) is 4.14. The van der Waals surface area contributed by atoms with Gasteiger partial charge in [0.2, 0.25) is 0 Å². The van der Waals surface area contributed by atoms with Gasteiger partial charge in [-0.05, 0) is 45.5 Å². The van der Waals surface area contributed by atoms with E-state index in [1.54, 1.807) is 0 Å². The highest BCUT2D eigenvalue weighted by atomic mass is 16.7. The molecule has 0 radical (unpaired) electrons. The molecule has 0 N–H and O–H groups in total. The summed E-state index contributed by atoms with van der Waals surface area (Å²) < 4.78 is 12.2. The quantitative estimate of drug-likeness (QED) is 0.589. The zero-order chi connectivity index (χ0) is 13.9. The summed E-state index contributed by atoms with van der Waals surface area (Å²) >= 11 is 0. The minimum absolute atomic E-state index is 0.125. The van der Waals surface area contributed by atoms with Crippen LogP contribution < -0.4 is 0 Å². The second-order valence-corrected chi connectivity index (χ2v) is 5.92. The van der Waals surface area contributed by atoms with Crippen molar-refractivity contribution >= 4 is 7.12 Å². The lowest BCUT2D eigenvalue weighted by Crippen LogP contribution is -2.44. The van der Waals surface area contributed by atoms with Crippen LogP contribution >= 0.6 is 0 Å². The van der Waals surface area contributed by atoms with E-state index in [9.17, 15) is 0 Å². The topological polar surface area (TPSA) is 18.5 Å². The molecule has 2 rings (SSSR count). The fourth-order valence-electron chi connectivity index (χ4n) is 2.53. The Morgan fingerprint density at radius 3 is 2.47 bits per heavy atom. The molecular weight excluding hydrogens is 235 g/mol. The van der Waals surface area contributed by atoms with E-state index in [-0.39, 0.29) is 18.3 Å². The Labute approximate surface area is 117 Å². The van der Waals surface area contributed by atoms with Crippen molar-refractivity contribution in [3.05, 3.63) is 48.6 Å². The lowest BCUT2D eigenvalue weighted by molar-refractivity contribution is -0.00668. The monoisotopic (exact) mass is 258 g/mol. The summed E-state index contributed by atoms with van der Waals surface area (Å²) in [6, 6.07) is 10.5. The summed E-state index contributed by atoms with van der Waals surface area (Å²) in [7, 11) is -0.125. The number of rotatable bonds is 5. The van der Waals surface area contributed by atoms with Gasteiger partial charge in [0.25, 0.3) is 0 Å². The van der Waals surface area contributed by atoms with Crippen molar-refractivity contribution in [1.82, 2.24) is 0 Å². The van der Waals surface area contributed by atoms with E-state index in [0.717, 1.165) is 19.2 Å². The van der Waals surface area contributed by atoms with Crippen LogP contribution in [0.25, 0.3) is 0 Å². The van der Waals surface area contributed by atoms with Gasteiger partial charge in [-0.1, -0.05) is 36.4 Å². The van der Waals surface area contributed by atoms with Gasteiger partial charge in [-0.15, -0.1) is 6.58 Å². The van der Waals surface area contributed by atoms with Crippen LogP contribution in [-0.4, -0.2) is 18.3 Å². The van der Waals surface area contributed by atoms with Crippen molar-refractivity contribution in [3.8, 4) is 0 Å². The highest BCUT2D eigenvalue weighted by Crippen LogP contribution is 2.40. The lowest BCUT2D eigenvalue weighted by Gasteiger charge is -2.35. The van der Waals surface area contributed by atoms with Gasteiger partial charge in [-0.3, -0.25) is 0 Å². The molecular formula is C16H23BO2. The van der Waals surface area contributed by atoms with Crippen molar-refractivity contribution < 1.29 is 9.31 Å². The molecule has 102 valence electrons. The fraction of sp³-hybridized carbons (Fsp3) is 0.500. The molecule has 1 fully saturated rings. The van der Waals surface area contributed by atoms with Gasteiger partial charge in [0, 0.05) is 0 Å². The van der Waals surface area contributed by atoms with E-state index >= 15 is 0 Å². The molecule has 19 heavy (non-hydrogen) atoms. The molecule has 1 aromatic carbocycles. The molecule has 2 nitrogen and oxygen atoms in total. The summed E-state index contributed by atoms with van der Waals surface area (Å²) in [5, 5.41) is 0. The second-order valence-electron chi connectivity index (χ2n) is 5.92. The second kappa shape index (κ2) is 5.52. The number of aryl methyl sites for hydroxylation is 1. The molecule has 1 aliphatic rings. The van der Waals surface area contributed by atoms with Crippen LogP contribution in [0.3, 0.4) is 0 Å². The van der Waals surface area contributed by atoms with Crippen molar-refractivity contribution in [3.63, 3.8) is 0 Å². The SMILES string of the molecule is C=CCC1(C)OB(CCc2ccccc2)OC1(C)C. The summed E-state index contributed by atoms with van der Waals surface area (Å²) in [5.74, 6) is 0. The van der Waals surface area contributed by atoms with Gasteiger partial charge in [0.05, 0.1) is 11.2 Å². The highest BCUT2D eigenvalue weighted by Gasteiger charge is 2.52. The Hall–Kier alpha value is -1.06. The molecule has 0 amide bonds. The standard InChI is InChI=1S/C16H23BO2/c1-5-12-16(4)15(2,3)18-17(19-16)13-11-14-9-7-6-8-10-14/h5-10H,1,11-13H2,2-4H3. The third kappa shape index (κ3) is 3.10. The maximum atomic E-state index is 6.13. The van der Waals surface area contributed by atoms with Gasteiger partial charge in [0.15, 0.2) is 0 Å². The minimum Gasteiger partial charge on any atom is -0.403 e. The van der Waals surface area contributed by atoms with Crippen molar-refractivity contribution in [2.75, 3.05) is 0 Å². The predicted octanol–water partition coefficient (Wildman–Crippen LogP) is 3.88. The van der Waals surface area contributed by atoms with E-state index < -0.39 is 0 Å². The first kappa shape index (κ1) is 14.4. The Balaban J connectivity index is 1.95. The van der Waals surface area contributed by atoms with Crippen LogP contribution in [0.2, 0.25) is 6.32 Å². The molecule has 0 spiro atoms. The summed E-state index contributed by atoms with van der Waals surface area (Å²) in [6.07, 6.45) is 4.58. The van der Waals surface area contributed by atoms with Crippen molar-refractivity contribution in [1.29, 1.82) is 0 Å². The Morgan fingerprint density at radius 2 is 1.84 bits per heavy atom. The van der Waals surface area contributed by atoms with Crippen LogP contribution in [-0.2, 0) is 15.7 Å². The molecule has 1 unspecified atom stereocenters. The number of hydrogen-bond acceptors (Lipinski definition) is 2. The molecule has 1 aromatic rings. The molecule has 0 aliphatic carbocycles. The molecule has 1 heterocycles. The molecule has 1 atom stereocenters. The first-order chi connectivity index (χ1) is 8.97. The molecule has 1 aliphatic heterocycles.